The normalized spacial score (nSPS) is 10.8. The molecule has 0 spiro atoms. The van der Waals surface area contributed by atoms with Gasteiger partial charge in [-0.15, -0.1) is 0 Å². The van der Waals surface area contributed by atoms with Crippen molar-refractivity contribution in [2.45, 2.75) is 19.4 Å². The largest absolute Gasteiger partial charge is 0.467 e. The number of benzene rings is 2. The molecule has 0 fully saturated rings. The van der Waals surface area contributed by atoms with Crippen LogP contribution in [0, 0.1) is 0 Å². The van der Waals surface area contributed by atoms with Crippen LogP contribution in [0.3, 0.4) is 0 Å². The van der Waals surface area contributed by atoms with Gasteiger partial charge in [-0.1, -0.05) is 35.5 Å². The summed E-state index contributed by atoms with van der Waals surface area (Å²) in [6.45, 7) is 3.04. The molecule has 3 aromatic rings. The number of esters is 1. The van der Waals surface area contributed by atoms with Gasteiger partial charge in [-0.2, -0.15) is 0 Å². The van der Waals surface area contributed by atoms with Crippen LogP contribution in [-0.2, 0) is 9.53 Å². The summed E-state index contributed by atoms with van der Waals surface area (Å²) in [5.41, 5.74) is 1.16. The lowest BCUT2D eigenvalue weighted by atomic mass is 10.1. The number of hydrogen-bond donors (Lipinski definition) is 3. The van der Waals surface area contributed by atoms with Crippen LogP contribution in [-0.4, -0.2) is 35.7 Å². The first-order valence-corrected chi connectivity index (χ1v) is 9.39. The van der Waals surface area contributed by atoms with Crippen molar-refractivity contribution >= 4 is 29.3 Å². The van der Waals surface area contributed by atoms with E-state index >= 15 is 0 Å². The Morgan fingerprint density at radius 2 is 1.55 bits per heavy atom. The fraction of sp³-hybridized carbons (Fsp3) is 0.182. The predicted octanol–water partition coefficient (Wildman–Crippen LogP) is 3.67. The van der Waals surface area contributed by atoms with Gasteiger partial charge in [-0.25, -0.2) is 9.59 Å². The van der Waals surface area contributed by atoms with Crippen molar-refractivity contribution in [3.05, 3.63) is 66.4 Å². The number of carbonyl (C=O) groups excluding carboxylic acids is 3. The first kappa shape index (κ1) is 21.6. The zero-order valence-corrected chi connectivity index (χ0v) is 17.3. The molecule has 3 N–H and O–H groups in total. The zero-order chi connectivity index (χ0) is 22.4. The van der Waals surface area contributed by atoms with E-state index in [0.717, 1.165) is 0 Å². The van der Waals surface area contributed by atoms with Crippen molar-refractivity contribution in [3.8, 4) is 11.3 Å². The molecule has 160 valence electrons. The van der Waals surface area contributed by atoms with E-state index in [2.05, 4.69) is 25.8 Å². The summed E-state index contributed by atoms with van der Waals surface area (Å²) in [6.07, 6.45) is 0. The highest BCUT2D eigenvalue weighted by molar-refractivity contribution is 6.00. The molecule has 0 aliphatic heterocycles. The molecule has 9 heteroatoms. The first-order valence-electron chi connectivity index (χ1n) is 9.39. The number of rotatable bonds is 6. The maximum atomic E-state index is 12.3. The summed E-state index contributed by atoms with van der Waals surface area (Å²) in [7, 11) is 1.24. The van der Waals surface area contributed by atoms with Crippen LogP contribution < -0.4 is 16.0 Å². The molecular weight excluding hydrogens is 400 g/mol. The fourth-order valence-corrected chi connectivity index (χ4v) is 2.71. The number of ether oxygens (including phenoxy) is 1. The van der Waals surface area contributed by atoms with Gasteiger partial charge >= 0.3 is 12.0 Å². The standard InChI is InChI=1S/C22H22N4O5/c1-22(2,20(28)30-3)25-19(27)18-13-17(26-31-18)14-9-11-16(12-10-14)24-21(29)23-15-7-5-4-6-8-15/h4-13H,1-3H3,(H,25,27)(H2,23,24,29). The van der Waals surface area contributed by atoms with Crippen molar-refractivity contribution in [1.29, 1.82) is 0 Å². The number of methoxy groups -OCH3 is 1. The molecule has 2 aromatic carbocycles. The van der Waals surface area contributed by atoms with E-state index in [9.17, 15) is 14.4 Å². The Bertz CT molecular complexity index is 1070. The van der Waals surface area contributed by atoms with Gasteiger partial charge < -0.3 is 25.2 Å². The van der Waals surface area contributed by atoms with E-state index < -0.39 is 17.4 Å². The number of carbonyl (C=O) groups is 3. The topological polar surface area (TPSA) is 123 Å². The third-order valence-electron chi connectivity index (χ3n) is 4.33. The SMILES string of the molecule is COC(=O)C(C)(C)NC(=O)c1cc(-c2ccc(NC(=O)Nc3ccccc3)cc2)no1. The molecule has 0 saturated carbocycles. The Morgan fingerprint density at radius 1 is 0.935 bits per heavy atom. The Kier molecular flexibility index (Phi) is 6.35. The summed E-state index contributed by atoms with van der Waals surface area (Å²) in [5.74, 6) is -1.22. The molecule has 0 saturated heterocycles. The second kappa shape index (κ2) is 9.12. The highest BCUT2D eigenvalue weighted by Crippen LogP contribution is 2.22. The second-order valence-corrected chi connectivity index (χ2v) is 7.17. The Labute approximate surface area is 178 Å². The maximum Gasteiger partial charge on any atom is 0.330 e. The minimum atomic E-state index is -1.22. The number of nitrogens with one attached hydrogen (secondary N) is 3. The molecule has 1 aromatic heterocycles. The molecule has 0 aliphatic carbocycles. The van der Waals surface area contributed by atoms with Gasteiger partial charge in [0.15, 0.2) is 0 Å². The summed E-state index contributed by atoms with van der Waals surface area (Å²) < 4.78 is 9.77. The molecule has 0 unspecified atom stereocenters. The minimum absolute atomic E-state index is 0.0450. The van der Waals surface area contributed by atoms with Crippen molar-refractivity contribution in [2.75, 3.05) is 17.7 Å². The minimum Gasteiger partial charge on any atom is -0.467 e. The molecule has 1 heterocycles. The molecule has 9 nitrogen and oxygen atoms in total. The van der Waals surface area contributed by atoms with Crippen molar-refractivity contribution in [1.82, 2.24) is 10.5 Å². The third kappa shape index (κ3) is 5.47. The molecule has 31 heavy (non-hydrogen) atoms. The van der Waals surface area contributed by atoms with E-state index in [0.29, 0.717) is 22.6 Å². The van der Waals surface area contributed by atoms with Crippen LogP contribution in [0.4, 0.5) is 16.2 Å². The Hall–Kier alpha value is -4.14. The second-order valence-electron chi connectivity index (χ2n) is 7.17. The van der Waals surface area contributed by atoms with E-state index in [-0.39, 0.29) is 11.8 Å². The van der Waals surface area contributed by atoms with Crippen molar-refractivity contribution in [2.24, 2.45) is 0 Å². The molecule has 0 bridgehead atoms. The number of hydrogen-bond acceptors (Lipinski definition) is 6. The predicted molar refractivity (Wildman–Crippen MR) is 115 cm³/mol. The molecule has 0 aliphatic rings. The molecule has 3 amide bonds. The van der Waals surface area contributed by atoms with Gasteiger partial charge in [0.05, 0.1) is 7.11 Å². The zero-order valence-electron chi connectivity index (χ0n) is 17.3. The Balaban J connectivity index is 1.63. The van der Waals surface area contributed by atoms with Crippen molar-refractivity contribution < 1.29 is 23.6 Å². The summed E-state index contributed by atoms with van der Waals surface area (Å²) in [5, 5.41) is 11.9. The van der Waals surface area contributed by atoms with E-state index in [1.165, 1.54) is 27.0 Å². The maximum absolute atomic E-state index is 12.3. The van der Waals surface area contributed by atoms with Crippen LogP contribution >= 0.6 is 0 Å². The first-order chi connectivity index (χ1) is 14.8. The average Bonchev–Trinajstić information content (AvgIpc) is 3.24. The average molecular weight is 422 g/mol. The van der Waals surface area contributed by atoms with Gasteiger partial charge in [0.1, 0.15) is 11.2 Å². The quantitative estimate of drug-likeness (QED) is 0.521. The fourth-order valence-electron chi connectivity index (χ4n) is 2.71. The van der Waals surface area contributed by atoms with Crippen LogP contribution in [0.1, 0.15) is 24.4 Å². The number of para-hydroxylation sites is 1. The number of urea groups is 1. The highest BCUT2D eigenvalue weighted by atomic mass is 16.5. The number of aromatic nitrogens is 1. The smallest absolute Gasteiger partial charge is 0.330 e. The summed E-state index contributed by atoms with van der Waals surface area (Å²) in [4.78, 5) is 36.1. The van der Waals surface area contributed by atoms with E-state index in [1.807, 2.05) is 18.2 Å². The van der Waals surface area contributed by atoms with E-state index in [1.54, 1.807) is 36.4 Å². The lowest BCUT2D eigenvalue weighted by Gasteiger charge is -2.22. The van der Waals surface area contributed by atoms with E-state index in [4.69, 9.17) is 4.52 Å². The molecule has 3 rings (SSSR count). The van der Waals surface area contributed by atoms with Crippen LogP contribution in [0.5, 0.6) is 0 Å². The Morgan fingerprint density at radius 3 is 2.16 bits per heavy atom. The van der Waals surface area contributed by atoms with Gasteiger partial charge in [-0.05, 0) is 38.1 Å². The van der Waals surface area contributed by atoms with Crippen LogP contribution in [0.15, 0.2) is 65.2 Å². The number of amides is 3. The lowest BCUT2D eigenvalue weighted by molar-refractivity contribution is -0.146. The van der Waals surface area contributed by atoms with Crippen LogP contribution in [0.2, 0.25) is 0 Å². The van der Waals surface area contributed by atoms with Gasteiger partial charge in [0.2, 0.25) is 5.76 Å². The monoisotopic (exact) mass is 422 g/mol. The van der Waals surface area contributed by atoms with Gasteiger partial charge in [0.25, 0.3) is 5.91 Å². The molecule has 0 radical (unpaired) electrons. The number of nitrogens with zero attached hydrogens (tertiary/aromatic N) is 1. The third-order valence-corrected chi connectivity index (χ3v) is 4.33. The van der Waals surface area contributed by atoms with Gasteiger partial charge in [0, 0.05) is 23.0 Å². The van der Waals surface area contributed by atoms with Crippen molar-refractivity contribution in [3.63, 3.8) is 0 Å². The summed E-state index contributed by atoms with van der Waals surface area (Å²) >= 11 is 0. The highest BCUT2D eigenvalue weighted by Gasteiger charge is 2.32. The van der Waals surface area contributed by atoms with Crippen LogP contribution in [0.25, 0.3) is 11.3 Å². The molecule has 0 atom stereocenters. The number of anilines is 2. The summed E-state index contributed by atoms with van der Waals surface area (Å²) in [6, 6.07) is 17.1. The molecular formula is C22H22N4O5. The lowest BCUT2D eigenvalue weighted by Crippen LogP contribution is -2.50. The van der Waals surface area contributed by atoms with Gasteiger partial charge in [-0.3, -0.25) is 4.79 Å².